The number of carbonyl (C=O) groups is 1. The molecule has 0 saturated heterocycles. The maximum Gasteiger partial charge on any atom is 0.144 e. The average Bonchev–Trinajstić information content (AvgIpc) is 2.53. The maximum absolute atomic E-state index is 10.6. The average molecular weight is 268 g/mol. The molecule has 104 valence electrons. The van der Waals surface area contributed by atoms with Gasteiger partial charge in [0, 0.05) is 6.20 Å². The lowest BCUT2D eigenvalue weighted by Crippen LogP contribution is -2.31. The van der Waals surface area contributed by atoms with Crippen molar-refractivity contribution in [1.29, 1.82) is 0 Å². The molecule has 1 heterocycles. The van der Waals surface area contributed by atoms with E-state index < -0.39 is 0 Å². The number of allylic oxidation sites excluding steroid dienone is 1. The molecule has 0 amide bonds. The Balaban J connectivity index is 1.96. The van der Waals surface area contributed by atoms with Crippen molar-refractivity contribution in [2.75, 3.05) is 0 Å². The summed E-state index contributed by atoms with van der Waals surface area (Å²) in [6, 6.07) is 8.74. The lowest BCUT2D eigenvalue weighted by Gasteiger charge is -2.38. The molecule has 0 radical (unpaired) electrons. The van der Waals surface area contributed by atoms with Gasteiger partial charge in [-0.25, -0.2) is 0 Å². The van der Waals surface area contributed by atoms with Crippen LogP contribution in [0.3, 0.4) is 0 Å². The highest BCUT2D eigenvalue weighted by molar-refractivity contribution is 5.83. The molecule has 0 spiro atoms. The fraction of sp³-hybridized carbons (Fsp3) is 0.412. The van der Waals surface area contributed by atoms with Gasteiger partial charge in [-0.3, -0.25) is 9.80 Å². The number of hydrogen-bond donors (Lipinski definition) is 0. The summed E-state index contributed by atoms with van der Waals surface area (Å²) in [6.07, 6.45) is 12.5. The Hall–Kier alpha value is -1.90. The van der Waals surface area contributed by atoms with Gasteiger partial charge in [0.25, 0.3) is 0 Å². The van der Waals surface area contributed by atoms with Crippen LogP contribution in [0.15, 0.2) is 41.6 Å². The van der Waals surface area contributed by atoms with Crippen LogP contribution in [-0.4, -0.2) is 17.5 Å². The Morgan fingerprint density at radius 1 is 1.15 bits per heavy atom. The van der Waals surface area contributed by atoms with Crippen molar-refractivity contribution in [2.24, 2.45) is 11.0 Å². The fourth-order valence-corrected chi connectivity index (χ4v) is 3.42. The molecule has 1 atom stereocenters. The lowest BCUT2D eigenvalue weighted by atomic mass is 9.79. The number of benzene rings is 1. The smallest absolute Gasteiger partial charge is 0.144 e. The minimum atomic E-state index is 0.271. The molecule has 1 saturated carbocycles. The van der Waals surface area contributed by atoms with Gasteiger partial charge in [0.1, 0.15) is 6.29 Å². The zero-order valence-electron chi connectivity index (χ0n) is 11.6. The number of fused-ring (bicyclic) bond motifs is 1. The van der Waals surface area contributed by atoms with E-state index in [-0.39, 0.29) is 6.04 Å². The van der Waals surface area contributed by atoms with Crippen molar-refractivity contribution in [1.82, 2.24) is 5.01 Å². The van der Waals surface area contributed by atoms with Crippen LogP contribution in [0.5, 0.6) is 0 Å². The first-order chi connectivity index (χ1) is 9.90. The van der Waals surface area contributed by atoms with Crippen molar-refractivity contribution in [3.05, 3.63) is 47.7 Å². The van der Waals surface area contributed by atoms with E-state index in [4.69, 9.17) is 0 Å². The number of carbonyl (C=O) groups excluding carboxylic acids is 1. The highest BCUT2D eigenvalue weighted by atomic mass is 16.1. The third-order valence-corrected chi connectivity index (χ3v) is 4.34. The number of nitrogens with zero attached hydrogens (tertiary/aromatic N) is 2. The Kier molecular flexibility index (Phi) is 3.95. The quantitative estimate of drug-likeness (QED) is 0.619. The van der Waals surface area contributed by atoms with E-state index in [9.17, 15) is 4.79 Å². The van der Waals surface area contributed by atoms with Crippen LogP contribution in [0.25, 0.3) is 0 Å². The Morgan fingerprint density at radius 2 is 1.95 bits per heavy atom. The minimum Gasteiger partial charge on any atom is -0.299 e. The Morgan fingerprint density at radius 3 is 2.75 bits per heavy atom. The molecule has 3 heteroatoms. The van der Waals surface area contributed by atoms with E-state index in [0.29, 0.717) is 5.92 Å². The predicted molar refractivity (Wildman–Crippen MR) is 80.4 cm³/mol. The molecular formula is C17H20N2O. The third kappa shape index (κ3) is 2.53. The summed E-state index contributed by atoms with van der Waals surface area (Å²) in [4.78, 5) is 10.6. The maximum atomic E-state index is 10.6. The summed E-state index contributed by atoms with van der Waals surface area (Å²) < 4.78 is 0. The molecule has 1 aromatic rings. The highest BCUT2D eigenvalue weighted by Gasteiger charge is 2.31. The van der Waals surface area contributed by atoms with Gasteiger partial charge in [-0.15, -0.1) is 0 Å². The minimum absolute atomic E-state index is 0.271. The van der Waals surface area contributed by atoms with Crippen molar-refractivity contribution < 1.29 is 4.79 Å². The van der Waals surface area contributed by atoms with E-state index in [1.807, 2.05) is 11.2 Å². The SMILES string of the molecule is O=CC=CN1N=Cc2ccccc2C1C1CCCCC1. The largest absolute Gasteiger partial charge is 0.299 e. The molecule has 1 aliphatic carbocycles. The molecule has 3 rings (SSSR count). The second kappa shape index (κ2) is 6.04. The van der Waals surface area contributed by atoms with E-state index >= 15 is 0 Å². The van der Waals surface area contributed by atoms with Crippen molar-refractivity contribution >= 4 is 12.5 Å². The van der Waals surface area contributed by atoms with Gasteiger partial charge in [-0.05, 0) is 36.0 Å². The van der Waals surface area contributed by atoms with Crippen LogP contribution in [-0.2, 0) is 4.79 Å². The number of hydrazone groups is 1. The van der Waals surface area contributed by atoms with Gasteiger partial charge >= 0.3 is 0 Å². The number of rotatable bonds is 3. The molecule has 1 fully saturated rings. The second-order valence-corrected chi connectivity index (χ2v) is 5.57. The van der Waals surface area contributed by atoms with Gasteiger partial charge in [-0.2, -0.15) is 5.10 Å². The van der Waals surface area contributed by atoms with Crippen molar-refractivity contribution in [3.63, 3.8) is 0 Å². The summed E-state index contributed by atoms with van der Waals surface area (Å²) >= 11 is 0. The molecule has 3 nitrogen and oxygen atoms in total. The number of hydrogen-bond acceptors (Lipinski definition) is 3. The van der Waals surface area contributed by atoms with Crippen LogP contribution in [0.2, 0.25) is 0 Å². The fourth-order valence-electron chi connectivity index (χ4n) is 3.42. The Labute approximate surface area is 120 Å². The predicted octanol–water partition coefficient (Wildman–Crippen LogP) is 3.67. The van der Waals surface area contributed by atoms with Gasteiger partial charge in [0.05, 0.1) is 12.3 Å². The summed E-state index contributed by atoms with van der Waals surface area (Å²) in [6.45, 7) is 0. The molecule has 0 aromatic heterocycles. The summed E-state index contributed by atoms with van der Waals surface area (Å²) in [5, 5.41) is 6.49. The van der Waals surface area contributed by atoms with Crippen LogP contribution >= 0.6 is 0 Å². The van der Waals surface area contributed by atoms with Crippen molar-refractivity contribution in [3.8, 4) is 0 Å². The lowest BCUT2D eigenvalue weighted by molar-refractivity contribution is -0.104. The first kappa shape index (κ1) is 13.1. The molecule has 1 aliphatic heterocycles. The van der Waals surface area contributed by atoms with Gasteiger partial charge in [0.2, 0.25) is 0 Å². The van der Waals surface area contributed by atoms with Gasteiger partial charge in [-0.1, -0.05) is 43.5 Å². The molecule has 1 unspecified atom stereocenters. The van der Waals surface area contributed by atoms with Crippen LogP contribution < -0.4 is 0 Å². The van der Waals surface area contributed by atoms with Crippen LogP contribution in [0.4, 0.5) is 0 Å². The second-order valence-electron chi connectivity index (χ2n) is 5.57. The van der Waals surface area contributed by atoms with Crippen LogP contribution in [0.1, 0.15) is 49.3 Å². The molecule has 20 heavy (non-hydrogen) atoms. The van der Waals surface area contributed by atoms with Crippen LogP contribution in [0, 0.1) is 5.92 Å². The number of aldehydes is 1. The third-order valence-electron chi connectivity index (χ3n) is 4.34. The first-order valence-corrected chi connectivity index (χ1v) is 7.43. The van der Waals surface area contributed by atoms with Gasteiger partial charge < -0.3 is 0 Å². The topological polar surface area (TPSA) is 32.7 Å². The normalized spacial score (nSPS) is 23.0. The molecular weight excluding hydrogens is 248 g/mol. The van der Waals surface area contributed by atoms with E-state index in [1.165, 1.54) is 49.3 Å². The van der Waals surface area contributed by atoms with Crippen molar-refractivity contribution in [2.45, 2.75) is 38.1 Å². The standard InChI is InChI=1S/C17H20N2O/c20-12-6-11-19-17(14-7-2-1-3-8-14)16-10-5-4-9-15(16)13-18-19/h4-6,9-14,17H,1-3,7-8H2. The van der Waals surface area contributed by atoms with E-state index in [1.54, 1.807) is 6.20 Å². The molecule has 1 aromatic carbocycles. The Bertz CT molecular complexity index is 530. The molecule has 2 aliphatic rings. The van der Waals surface area contributed by atoms with E-state index in [0.717, 1.165) is 6.29 Å². The summed E-state index contributed by atoms with van der Waals surface area (Å²) in [5.74, 6) is 0.624. The molecule has 0 N–H and O–H groups in total. The zero-order chi connectivity index (χ0) is 13.8. The van der Waals surface area contributed by atoms with E-state index in [2.05, 4.69) is 29.4 Å². The highest BCUT2D eigenvalue weighted by Crippen LogP contribution is 2.41. The zero-order valence-corrected chi connectivity index (χ0v) is 11.6. The summed E-state index contributed by atoms with van der Waals surface area (Å²) in [7, 11) is 0. The first-order valence-electron chi connectivity index (χ1n) is 7.43. The monoisotopic (exact) mass is 268 g/mol. The molecule has 0 bridgehead atoms. The van der Waals surface area contributed by atoms with Gasteiger partial charge in [0.15, 0.2) is 0 Å². The summed E-state index contributed by atoms with van der Waals surface area (Å²) in [5.41, 5.74) is 2.55.